The van der Waals surface area contributed by atoms with Gasteiger partial charge in [0.1, 0.15) is 5.82 Å². The smallest absolute Gasteiger partial charge is 0.258 e. The Morgan fingerprint density at radius 1 is 1.17 bits per heavy atom. The number of halogens is 1. The van der Waals surface area contributed by atoms with E-state index in [9.17, 15) is 4.39 Å². The molecule has 7 heteroatoms. The average Bonchev–Trinajstić information content (AvgIpc) is 3.20. The summed E-state index contributed by atoms with van der Waals surface area (Å²) in [5.74, 6) is 0.607. The molecule has 0 spiro atoms. The van der Waals surface area contributed by atoms with E-state index in [0.717, 1.165) is 40.9 Å². The number of benzene rings is 2. The van der Waals surface area contributed by atoms with Gasteiger partial charge in [-0.1, -0.05) is 48.0 Å². The zero-order valence-corrected chi connectivity index (χ0v) is 18.0. The van der Waals surface area contributed by atoms with Gasteiger partial charge in [-0.2, -0.15) is 4.98 Å². The quantitative estimate of drug-likeness (QED) is 0.566. The van der Waals surface area contributed by atoms with E-state index in [2.05, 4.69) is 22.4 Å². The van der Waals surface area contributed by atoms with Crippen LogP contribution in [-0.4, -0.2) is 26.7 Å². The zero-order chi connectivity index (χ0) is 21.3. The molecule has 3 aromatic rings. The summed E-state index contributed by atoms with van der Waals surface area (Å²) >= 11 is 5.60. The van der Waals surface area contributed by atoms with Gasteiger partial charge in [0.25, 0.3) is 5.89 Å². The highest BCUT2D eigenvalue weighted by molar-refractivity contribution is 7.80. The lowest BCUT2D eigenvalue weighted by Crippen LogP contribution is -2.46. The number of nitrogens with one attached hydrogen (secondary N) is 1. The van der Waals surface area contributed by atoms with Crippen molar-refractivity contribution in [3.8, 4) is 11.4 Å². The summed E-state index contributed by atoms with van der Waals surface area (Å²) in [7, 11) is 0. The molecular formula is C23H23FN4OS. The fraction of sp³-hybridized carbons (Fsp3) is 0.261. The Morgan fingerprint density at radius 2 is 1.97 bits per heavy atom. The van der Waals surface area contributed by atoms with Crippen molar-refractivity contribution in [3.05, 3.63) is 77.1 Å². The maximum atomic E-state index is 14.0. The summed E-state index contributed by atoms with van der Waals surface area (Å²) in [5.41, 5.74) is 4.47. The van der Waals surface area contributed by atoms with Crippen molar-refractivity contribution >= 4 is 22.9 Å². The van der Waals surface area contributed by atoms with E-state index < -0.39 is 0 Å². The lowest BCUT2D eigenvalue weighted by Gasteiger charge is -2.37. The van der Waals surface area contributed by atoms with Gasteiger partial charge in [0.05, 0.1) is 11.6 Å². The monoisotopic (exact) mass is 422 g/mol. The van der Waals surface area contributed by atoms with Crippen molar-refractivity contribution in [2.75, 3.05) is 6.54 Å². The largest absolute Gasteiger partial charge is 0.351 e. The van der Waals surface area contributed by atoms with Gasteiger partial charge < -0.3 is 14.7 Å². The highest BCUT2D eigenvalue weighted by Gasteiger charge is 2.33. The zero-order valence-electron chi connectivity index (χ0n) is 17.1. The van der Waals surface area contributed by atoms with Crippen LogP contribution in [0.15, 0.2) is 58.8 Å². The van der Waals surface area contributed by atoms with Crippen LogP contribution in [0.25, 0.3) is 17.0 Å². The number of aryl methyl sites for hydroxylation is 1. The van der Waals surface area contributed by atoms with Gasteiger partial charge in [-0.3, -0.25) is 0 Å². The Kier molecular flexibility index (Phi) is 5.63. The van der Waals surface area contributed by atoms with Crippen LogP contribution in [-0.2, 0) is 0 Å². The van der Waals surface area contributed by atoms with E-state index in [1.54, 1.807) is 6.07 Å². The number of aromatic nitrogens is 2. The van der Waals surface area contributed by atoms with Crippen LogP contribution in [0.3, 0.4) is 0 Å². The molecule has 1 atom stereocenters. The Hall–Kier alpha value is -3.06. The molecule has 0 amide bonds. The third kappa shape index (κ3) is 3.85. The Bertz CT molecular complexity index is 1120. The van der Waals surface area contributed by atoms with Crippen molar-refractivity contribution in [3.63, 3.8) is 0 Å². The average molecular weight is 423 g/mol. The number of nitrogens with zero attached hydrogens (tertiary/aromatic N) is 3. The second kappa shape index (κ2) is 8.36. The molecule has 0 fully saturated rings. The van der Waals surface area contributed by atoms with E-state index in [0.29, 0.717) is 16.8 Å². The maximum Gasteiger partial charge on any atom is 0.258 e. The normalized spacial score (nSPS) is 16.7. The first-order chi connectivity index (χ1) is 14.5. The molecule has 0 radical (unpaired) electrons. The molecule has 0 saturated carbocycles. The lowest BCUT2D eigenvalue weighted by molar-refractivity contribution is 0.396. The first-order valence-corrected chi connectivity index (χ1v) is 10.3. The van der Waals surface area contributed by atoms with Crippen LogP contribution in [0.1, 0.15) is 43.3 Å². The number of hydrogen-bond acceptors (Lipinski definition) is 4. The van der Waals surface area contributed by atoms with Crippen molar-refractivity contribution in [1.82, 2.24) is 20.4 Å². The first kappa shape index (κ1) is 20.2. The fourth-order valence-electron chi connectivity index (χ4n) is 3.72. The SMILES string of the molecule is CCCN1C(=S)NC(c2cccc(F)c2)C(c2nc(-c3cccc(C)c3)no2)=C1C. The summed E-state index contributed by atoms with van der Waals surface area (Å²) in [6.07, 6.45) is 0.926. The molecule has 30 heavy (non-hydrogen) atoms. The molecule has 4 rings (SSSR count). The molecule has 0 aliphatic carbocycles. The predicted octanol–water partition coefficient (Wildman–Crippen LogP) is 5.26. The third-order valence-corrected chi connectivity index (χ3v) is 5.50. The molecule has 1 unspecified atom stereocenters. The summed E-state index contributed by atoms with van der Waals surface area (Å²) in [4.78, 5) is 6.70. The minimum atomic E-state index is -0.382. The summed E-state index contributed by atoms with van der Waals surface area (Å²) in [6, 6.07) is 14.0. The van der Waals surface area contributed by atoms with E-state index in [1.807, 2.05) is 49.1 Å². The number of rotatable bonds is 5. The van der Waals surface area contributed by atoms with Gasteiger partial charge in [0.2, 0.25) is 5.82 Å². The Morgan fingerprint density at radius 3 is 2.70 bits per heavy atom. The highest BCUT2D eigenvalue weighted by atomic mass is 32.1. The second-order valence-corrected chi connectivity index (χ2v) is 7.77. The molecule has 2 heterocycles. The van der Waals surface area contributed by atoms with Crippen molar-refractivity contribution in [2.24, 2.45) is 0 Å². The first-order valence-electron chi connectivity index (χ1n) is 9.93. The third-order valence-electron chi connectivity index (χ3n) is 5.16. The van der Waals surface area contributed by atoms with Crippen LogP contribution in [0.5, 0.6) is 0 Å². The van der Waals surface area contributed by atoms with Gasteiger partial charge in [-0.05, 0) is 56.2 Å². The van der Waals surface area contributed by atoms with E-state index in [1.165, 1.54) is 12.1 Å². The molecular weight excluding hydrogens is 399 g/mol. The molecule has 1 aliphatic heterocycles. The van der Waals surface area contributed by atoms with Crippen LogP contribution >= 0.6 is 12.2 Å². The second-order valence-electron chi connectivity index (χ2n) is 7.38. The standard InChI is InChI=1S/C23H23FN4OS/c1-4-11-28-15(3)19(20(25-23(28)30)16-8-6-10-18(24)13-16)22-26-21(27-29-22)17-9-5-7-14(2)12-17/h5-10,12-13,20H,4,11H2,1-3H3,(H,25,30). The van der Waals surface area contributed by atoms with Crippen LogP contribution < -0.4 is 5.32 Å². The van der Waals surface area contributed by atoms with E-state index in [4.69, 9.17) is 16.7 Å². The van der Waals surface area contributed by atoms with Gasteiger partial charge in [0, 0.05) is 17.8 Å². The van der Waals surface area contributed by atoms with Gasteiger partial charge in [0.15, 0.2) is 5.11 Å². The van der Waals surface area contributed by atoms with Crippen molar-refractivity contribution in [2.45, 2.75) is 33.2 Å². The number of hydrogen-bond donors (Lipinski definition) is 1. The van der Waals surface area contributed by atoms with Gasteiger partial charge in [-0.25, -0.2) is 4.39 Å². The molecule has 5 nitrogen and oxygen atoms in total. The van der Waals surface area contributed by atoms with Crippen LogP contribution in [0.2, 0.25) is 0 Å². The fourth-order valence-corrected chi connectivity index (χ4v) is 4.07. The lowest BCUT2D eigenvalue weighted by atomic mass is 9.94. The van der Waals surface area contributed by atoms with Crippen LogP contribution in [0.4, 0.5) is 4.39 Å². The Balaban J connectivity index is 1.82. The summed E-state index contributed by atoms with van der Waals surface area (Å²) in [6.45, 7) is 6.86. The molecule has 1 aliphatic rings. The summed E-state index contributed by atoms with van der Waals surface area (Å²) < 4.78 is 19.7. The van der Waals surface area contributed by atoms with E-state index >= 15 is 0 Å². The van der Waals surface area contributed by atoms with Crippen molar-refractivity contribution < 1.29 is 8.91 Å². The minimum absolute atomic E-state index is 0.306. The molecule has 0 bridgehead atoms. The molecule has 0 saturated heterocycles. The molecule has 1 aromatic heterocycles. The topological polar surface area (TPSA) is 54.2 Å². The Labute approximate surface area is 180 Å². The van der Waals surface area contributed by atoms with E-state index in [-0.39, 0.29) is 11.9 Å². The minimum Gasteiger partial charge on any atom is -0.351 e. The molecule has 1 N–H and O–H groups in total. The molecule has 154 valence electrons. The molecule has 2 aromatic carbocycles. The highest BCUT2D eigenvalue weighted by Crippen LogP contribution is 2.37. The predicted molar refractivity (Wildman–Crippen MR) is 119 cm³/mol. The van der Waals surface area contributed by atoms with Crippen molar-refractivity contribution in [1.29, 1.82) is 0 Å². The number of thiocarbonyl (C=S) groups is 1. The van der Waals surface area contributed by atoms with Crippen LogP contribution in [0, 0.1) is 12.7 Å². The maximum absolute atomic E-state index is 14.0. The van der Waals surface area contributed by atoms with Gasteiger partial charge in [-0.15, -0.1) is 0 Å². The summed E-state index contributed by atoms with van der Waals surface area (Å²) in [5, 5.41) is 8.14. The number of allylic oxidation sites excluding steroid dienone is 1. The van der Waals surface area contributed by atoms with Gasteiger partial charge >= 0.3 is 0 Å².